The van der Waals surface area contributed by atoms with Crippen molar-refractivity contribution in [1.82, 2.24) is 4.90 Å². The first-order valence-electron chi connectivity index (χ1n) is 9.59. The van der Waals surface area contributed by atoms with E-state index in [1.165, 1.54) is 0 Å². The van der Waals surface area contributed by atoms with E-state index in [1.54, 1.807) is 12.1 Å². The van der Waals surface area contributed by atoms with E-state index in [9.17, 15) is 15.0 Å². The number of carbonyl (C=O) groups excluding carboxylic acids is 1. The van der Waals surface area contributed by atoms with Gasteiger partial charge in [0, 0.05) is 23.7 Å². The fraction of sp³-hybridized carbons (Fsp3) is 0.409. The predicted octanol–water partition coefficient (Wildman–Crippen LogP) is 3.07. The first kappa shape index (κ1) is 19.4. The Morgan fingerprint density at radius 2 is 1.82 bits per heavy atom. The minimum absolute atomic E-state index is 0.0236. The van der Waals surface area contributed by atoms with Gasteiger partial charge in [0.25, 0.3) is 5.91 Å². The van der Waals surface area contributed by atoms with E-state index in [0.29, 0.717) is 42.8 Å². The van der Waals surface area contributed by atoms with Crippen LogP contribution in [0.2, 0.25) is 5.02 Å². The minimum atomic E-state index is -0.910. The van der Waals surface area contributed by atoms with Gasteiger partial charge in [-0.3, -0.25) is 4.79 Å². The number of rotatable bonds is 4. The molecular weight excluding hydrogens is 378 g/mol. The van der Waals surface area contributed by atoms with Gasteiger partial charge in [-0.1, -0.05) is 35.9 Å². The van der Waals surface area contributed by atoms with Gasteiger partial charge in [0.15, 0.2) is 0 Å². The second-order valence-electron chi connectivity index (χ2n) is 7.68. The van der Waals surface area contributed by atoms with E-state index >= 15 is 0 Å². The summed E-state index contributed by atoms with van der Waals surface area (Å²) in [6.45, 7) is 1.94. The van der Waals surface area contributed by atoms with Crippen LogP contribution in [0.1, 0.15) is 45.8 Å². The van der Waals surface area contributed by atoms with Gasteiger partial charge in [0.2, 0.25) is 0 Å². The molecule has 5 nitrogen and oxygen atoms in total. The van der Waals surface area contributed by atoms with Crippen LogP contribution in [0.25, 0.3) is 0 Å². The largest absolute Gasteiger partial charge is 0.392 e. The molecule has 28 heavy (non-hydrogen) atoms. The van der Waals surface area contributed by atoms with E-state index in [-0.39, 0.29) is 12.5 Å². The quantitative estimate of drug-likeness (QED) is 0.826. The lowest BCUT2D eigenvalue weighted by Gasteiger charge is -2.37. The van der Waals surface area contributed by atoms with Crippen LogP contribution >= 0.6 is 11.6 Å². The number of likely N-dealkylation sites (tertiary alicyclic amines) is 1. The van der Waals surface area contributed by atoms with E-state index in [2.05, 4.69) is 0 Å². The highest BCUT2D eigenvalue weighted by atomic mass is 35.5. The topological polar surface area (TPSA) is 70.0 Å². The highest BCUT2D eigenvalue weighted by Crippen LogP contribution is 2.32. The summed E-state index contributed by atoms with van der Waals surface area (Å²) in [7, 11) is 0. The van der Waals surface area contributed by atoms with Crippen LogP contribution in [-0.2, 0) is 16.9 Å². The number of ether oxygens (including phenoxy) is 1. The zero-order valence-corrected chi connectivity index (χ0v) is 16.4. The minimum Gasteiger partial charge on any atom is -0.392 e. The van der Waals surface area contributed by atoms with Crippen molar-refractivity contribution in [3.05, 3.63) is 69.7 Å². The number of nitrogens with zero attached hydrogens (tertiary/aromatic N) is 1. The SMILES string of the molecule is O=C(c1ccc(C2(O)COC2)cc1)N1CCC(c2ccc(CO)c(Cl)c2)CC1. The molecule has 4 rings (SSSR count). The molecule has 0 saturated carbocycles. The number of halogens is 1. The average Bonchev–Trinajstić information content (AvgIpc) is 2.71. The van der Waals surface area contributed by atoms with E-state index < -0.39 is 5.60 Å². The number of aliphatic hydroxyl groups excluding tert-OH is 1. The normalized spacial score (nSPS) is 19.3. The third kappa shape index (κ3) is 3.67. The average molecular weight is 402 g/mol. The molecular formula is C22H24ClNO4. The fourth-order valence-corrected chi connectivity index (χ4v) is 4.18. The van der Waals surface area contributed by atoms with Crippen LogP contribution in [0.5, 0.6) is 0 Å². The van der Waals surface area contributed by atoms with Crippen molar-refractivity contribution in [3.8, 4) is 0 Å². The molecule has 2 heterocycles. The maximum Gasteiger partial charge on any atom is 0.253 e. The van der Waals surface area contributed by atoms with Crippen molar-refractivity contribution in [3.63, 3.8) is 0 Å². The van der Waals surface area contributed by atoms with Gasteiger partial charge in [-0.2, -0.15) is 0 Å². The molecule has 6 heteroatoms. The number of carbonyl (C=O) groups is 1. The summed E-state index contributed by atoms with van der Waals surface area (Å²) in [5, 5.41) is 20.2. The maximum atomic E-state index is 12.8. The summed E-state index contributed by atoms with van der Waals surface area (Å²) >= 11 is 6.22. The highest BCUT2D eigenvalue weighted by molar-refractivity contribution is 6.31. The molecule has 0 spiro atoms. The Hall–Kier alpha value is -1.92. The van der Waals surface area contributed by atoms with Gasteiger partial charge >= 0.3 is 0 Å². The summed E-state index contributed by atoms with van der Waals surface area (Å²) in [5.41, 5.74) is 2.42. The molecule has 0 radical (unpaired) electrons. The Kier molecular flexibility index (Phi) is 5.43. The first-order valence-corrected chi connectivity index (χ1v) is 9.97. The Labute approximate surface area is 169 Å². The number of benzene rings is 2. The van der Waals surface area contributed by atoms with Crippen LogP contribution in [0.15, 0.2) is 42.5 Å². The summed E-state index contributed by atoms with van der Waals surface area (Å²) < 4.78 is 5.09. The molecule has 2 aliphatic heterocycles. The standard InChI is InChI=1S/C22H24ClNO4/c23-20-11-17(1-2-18(20)12-25)15-7-9-24(10-8-15)21(26)16-3-5-19(6-4-16)22(27)13-28-14-22/h1-6,11,15,25,27H,7-10,12-14H2. The van der Waals surface area contributed by atoms with Crippen LogP contribution < -0.4 is 0 Å². The summed E-state index contributed by atoms with van der Waals surface area (Å²) in [6, 6.07) is 13.0. The maximum absolute atomic E-state index is 12.8. The van der Waals surface area contributed by atoms with Crippen molar-refractivity contribution in [1.29, 1.82) is 0 Å². The Morgan fingerprint density at radius 1 is 1.14 bits per heavy atom. The molecule has 0 atom stereocenters. The molecule has 2 aliphatic rings. The Bertz CT molecular complexity index is 855. The zero-order valence-electron chi connectivity index (χ0n) is 15.6. The van der Waals surface area contributed by atoms with Gasteiger partial charge in [0.1, 0.15) is 5.60 Å². The first-order chi connectivity index (χ1) is 13.5. The van der Waals surface area contributed by atoms with Gasteiger partial charge in [0.05, 0.1) is 19.8 Å². The van der Waals surface area contributed by atoms with Crippen molar-refractivity contribution in [2.45, 2.75) is 31.0 Å². The molecule has 1 amide bonds. The summed E-state index contributed by atoms with van der Waals surface area (Å²) in [4.78, 5) is 14.7. The number of amides is 1. The molecule has 0 bridgehead atoms. The molecule has 2 saturated heterocycles. The second-order valence-corrected chi connectivity index (χ2v) is 8.08. The molecule has 2 aromatic rings. The van der Waals surface area contributed by atoms with Crippen molar-refractivity contribution in [2.75, 3.05) is 26.3 Å². The lowest BCUT2D eigenvalue weighted by Crippen LogP contribution is -2.46. The van der Waals surface area contributed by atoms with Gasteiger partial charge in [-0.25, -0.2) is 0 Å². The third-order valence-corrected chi connectivity index (χ3v) is 6.20. The highest BCUT2D eigenvalue weighted by Gasteiger charge is 2.38. The number of piperidine rings is 1. The van der Waals surface area contributed by atoms with E-state index in [1.807, 2.05) is 35.2 Å². The molecule has 0 unspecified atom stereocenters. The Morgan fingerprint density at radius 3 is 2.36 bits per heavy atom. The lowest BCUT2D eigenvalue weighted by atomic mass is 9.88. The van der Waals surface area contributed by atoms with Crippen LogP contribution in [0, 0.1) is 0 Å². The number of hydrogen-bond acceptors (Lipinski definition) is 4. The fourth-order valence-electron chi connectivity index (χ4n) is 3.93. The van der Waals surface area contributed by atoms with Crippen molar-refractivity contribution < 1.29 is 19.7 Å². The molecule has 0 aromatic heterocycles. The van der Waals surface area contributed by atoms with Crippen molar-refractivity contribution >= 4 is 17.5 Å². The molecule has 2 aromatic carbocycles. The van der Waals surface area contributed by atoms with Gasteiger partial charge in [-0.05, 0) is 53.6 Å². The van der Waals surface area contributed by atoms with Gasteiger partial charge < -0.3 is 19.8 Å². The summed E-state index contributed by atoms with van der Waals surface area (Å²) in [5.74, 6) is 0.389. The third-order valence-electron chi connectivity index (χ3n) is 5.85. The van der Waals surface area contributed by atoms with E-state index in [4.69, 9.17) is 16.3 Å². The molecule has 2 N–H and O–H groups in total. The summed E-state index contributed by atoms with van der Waals surface area (Å²) in [6.07, 6.45) is 1.77. The predicted molar refractivity (Wildman–Crippen MR) is 106 cm³/mol. The number of hydrogen-bond donors (Lipinski definition) is 2. The van der Waals surface area contributed by atoms with Crippen LogP contribution in [0.3, 0.4) is 0 Å². The van der Waals surface area contributed by atoms with Crippen LogP contribution in [0.4, 0.5) is 0 Å². The molecule has 2 fully saturated rings. The smallest absolute Gasteiger partial charge is 0.253 e. The van der Waals surface area contributed by atoms with Gasteiger partial charge in [-0.15, -0.1) is 0 Å². The Balaban J connectivity index is 1.38. The molecule has 0 aliphatic carbocycles. The monoisotopic (exact) mass is 401 g/mol. The van der Waals surface area contributed by atoms with Crippen LogP contribution in [-0.4, -0.2) is 47.3 Å². The number of aliphatic hydroxyl groups is 2. The van der Waals surface area contributed by atoms with Crippen molar-refractivity contribution in [2.24, 2.45) is 0 Å². The van der Waals surface area contributed by atoms with E-state index in [0.717, 1.165) is 29.5 Å². The second kappa shape index (κ2) is 7.84. The molecule has 148 valence electrons. The lowest BCUT2D eigenvalue weighted by molar-refractivity contribution is -0.184. The zero-order chi connectivity index (χ0) is 19.7.